The number of nitrogens with one attached hydrogen (secondary N) is 1. The molecule has 0 aliphatic heterocycles. The average molecular weight is 181 g/mol. The van der Waals surface area contributed by atoms with Gasteiger partial charge < -0.3 is 5.32 Å². The molecule has 0 fully saturated rings. The fraction of sp³-hybridized carbons (Fsp3) is 0.250. The van der Waals surface area contributed by atoms with Gasteiger partial charge in [0.2, 0.25) is 5.95 Å². The number of aromatic nitrogens is 2. The van der Waals surface area contributed by atoms with Crippen LogP contribution in [-0.2, 0) is 0 Å². The Labute approximate surface area is 76.3 Å². The molecular weight excluding hydrogens is 170 g/mol. The van der Waals surface area contributed by atoms with Gasteiger partial charge in [-0.25, -0.2) is 9.97 Å². The maximum Gasteiger partial charge on any atom is 0.223 e. The van der Waals surface area contributed by atoms with E-state index in [1.807, 2.05) is 12.1 Å². The van der Waals surface area contributed by atoms with Crippen molar-refractivity contribution in [3.8, 4) is 0 Å². The predicted octanol–water partition coefficient (Wildman–Crippen LogP) is 1.80. The summed E-state index contributed by atoms with van der Waals surface area (Å²) in [6.45, 7) is 3.64. The van der Waals surface area contributed by atoms with Crippen LogP contribution < -0.4 is 5.32 Å². The second-order valence-corrected chi connectivity index (χ2v) is 3.11. The van der Waals surface area contributed by atoms with Gasteiger partial charge in [0.1, 0.15) is 5.03 Å². The molecule has 64 valence electrons. The first-order valence-corrected chi connectivity index (χ1v) is 4.60. The Balaban J connectivity index is 2.65. The molecule has 1 aromatic heterocycles. The third kappa shape index (κ3) is 2.54. The lowest BCUT2D eigenvalue weighted by Crippen LogP contribution is -1.95. The molecular formula is C8H11N3S. The number of thioether (sulfide) groups is 1. The first-order valence-electron chi connectivity index (χ1n) is 3.61. The van der Waals surface area contributed by atoms with Crippen LogP contribution in [0.4, 0.5) is 5.95 Å². The van der Waals surface area contributed by atoms with Crippen molar-refractivity contribution in [1.82, 2.24) is 9.97 Å². The highest BCUT2D eigenvalue weighted by Gasteiger charge is 1.95. The summed E-state index contributed by atoms with van der Waals surface area (Å²) in [5, 5.41) is 3.85. The molecule has 1 heterocycles. The van der Waals surface area contributed by atoms with Gasteiger partial charge in [0.05, 0.1) is 0 Å². The van der Waals surface area contributed by atoms with Crippen LogP contribution in [-0.4, -0.2) is 22.8 Å². The molecule has 4 heteroatoms. The number of hydrogen-bond acceptors (Lipinski definition) is 4. The molecule has 0 amide bonds. The largest absolute Gasteiger partial charge is 0.357 e. The van der Waals surface area contributed by atoms with Crippen LogP contribution in [0.15, 0.2) is 29.9 Å². The van der Waals surface area contributed by atoms with E-state index in [9.17, 15) is 0 Å². The normalized spacial score (nSPS) is 9.42. The Morgan fingerprint density at radius 3 is 3.25 bits per heavy atom. The Kier molecular flexibility index (Phi) is 3.60. The summed E-state index contributed by atoms with van der Waals surface area (Å²) < 4.78 is 0. The standard InChI is InChI=1S/C8H11N3S/c1-3-6-12-7-4-5-10-8(9-2)11-7/h3-5H,1,6H2,2H3,(H,9,10,11). The lowest BCUT2D eigenvalue weighted by atomic mass is 10.7. The number of rotatable bonds is 4. The minimum Gasteiger partial charge on any atom is -0.357 e. The third-order valence-electron chi connectivity index (χ3n) is 1.20. The molecule has 0 aliphatic rings. The van der Waals surface area contributed by atoms with Crippen molar-refractivity contribution in [3.05, 3.63) is 24.9 Å². The van der Waals surface area contributed by atoms with E-state index >= 15 is 0 Å². The SMILES string of the molecule is C=CCSc1ccnc(NC)n1. The van der Waals surface area contributed by atoms with Crippen LogP contribution in [0.1, 0.15) is 0 Å². The molecule has 1 N–H and O–H groups in total. The molecule has 0 bridgehead atoms. The second kappa shape index (κ2) is 4.77. The zero-order valence-corrected chi connectivity index (χ0v) is 7.77. The maximum atomic E-state index is 4.22. The van der Waals surface area contributed by atoms with E-state index in [2.05, 4.69) is 21.9 Å². The van der Waals surface area contributed by atoms with Crippen LogP contribution in [0.3, 0.4) is 0 Å². The molecule has 3 nitrogen and oxygen atoms in total. The van der Waals surface area contributed by atoms with Crippen LogP contribution in [0.25, 0.3) is 0 Å². The summed E-state index contributed by atoms with van der Waals surface area (Å²) in [5.74, 6) is 1.53. The maximum absolute atomic E-state index is 4.22. The van der Waals surface area contributed by atoms with Crippen molar-refractivity contribution < 1.29 is 0 Å². The lowest BCUT2D eigenvalue weighted by molar-refractivity contribution is 1.05. The van der Waals surface area contributed by atoms with Crippen molar-refractivity contribution in [3.63, 3.8) is 0 Å². The van der Waals surface area contributed by atoms with E-state index in [0.29, 0.717) is 5.95 Å². The zero-order chi connectivity index (χ0) is 8.81. The van der Waals surface area contributed by atoms with Crippen LogP contribution in [0, 0.1) is 0 Å². The van der Waals surface area contributed by atoms with Crippen molar-refractivity contribution in [2.24, 2.45) is 0 Å². The minimum atomic E-state index is 0.657. The van der Waals surface area contributed by atoms with Crippen LogP contribution in [0.5, 0.6) is 0 Å². The minimum absolute atomic E-state index is 0.657. The van der Waals surface area contributed by atoms with Gasteiger partial charge in [-0.2, -0.15) is 0 Å². The highest BCUT2D eigenvalue weighted by Crippen LogP contribution is 2.14. The second-order valence-electron chi connectivity index (χ2n) is 2.07. The Hall–Kier alpha value is -1.03. The summed E-state index contributed by atoms with van der Waals surface area (Å²) in [6, 6.07) is 1.88. The quantitative estimate of drug-likeness (QED) is 0.436. The Bertz CT molecular complexity index is 262. The molecule has 0 aliphatic carbocycles. The van der Waals surface area contributed by atoms with Gasteiger partial charge in [-0.1, -0.05) is 6.08 Å². The van der Waals surface area contributed by atoms with Gasteiger partial charge in [0.25, 0.3) is 0 Å². The van der Waals surface area contributed by atoms with Gasteiger partial charge in [-0.3, -0.25) is 0 Å². The van der Waals surface area contributed by atoms with Gasteiger partial charge in [0.15, 0.2) is 0 Å². The monoisotopic (exact) mass is 181 g/mol. The van der Waals surface area contributed by atoms with Crippen LogP contribution in [0.2, 0.25) is 0 Å². The Morgan fingerprint density at radius 1 is 1.75 bits per heavy atom. The summed E-state index contributed by atoms with van der Waals surface area (Å²) in [5.41, 5.74) is 0. The van der Waals surface area contributed by atoms with Gasteiger partial charge in [-0.05, 0) is 6.07 Å². The molecule has 0 atom stereocenters. The highest BCUT2D eigenvalue weighted by molar-refractivity contribution is 7.99. The first-order chi connectivity index (χ1) is 5.86. The molecule has 0 saturated carbocycles. The van der Waals surface area contributed by atoms with Gasteiger partial charge >= 0.3 is 0 Å². The van der Waals surface area contributed by atoms with E-state index in [-0.39, 0.29) is 0 Å². The van der Waals surface area contributed by atoms with Crippen LogP contribution >= 0.6 is 11.8 Å². The fourth-order valence-electron chi connectivity index (χ4n) is 0.687. The van der Waals surface area contributed by atoms with Crippen molar-refractivity contribution in [1.29, 1.82) is 0 Å². The van der Waals surface area contributed by atoms with E-state index in [0.717, 1.165) is 10.8 Å². The van der Waals surface area contributed by atoms with E-state index in [4.69, 9.17) is 0 Å². The third-order valence-corrected chi connectivity index (χ3v) is 2.13. The summed E-state index contributed by atoms with van der Waals surface area (Å²) >= 11 is 1.64. The predicted molar refractivity (Wildman–Crippen MR) is 52.5 cm³/mol. The van der Waals surface area contributed by atoms with E-state index < -0.39 is 0 Å². The highest BCUT2D eigenvalue weighted by atomic mass is 32.2. The van der Waals surface area contributed by atoms with Gasteiger partial charge in [0, 0.05) is 19.0 Å². The summed E-state index contributed by atoms with van der Waals surface area (Å²) in [4.78, 5) is 8.23. The number of hydrogen-bond donors (Lipinski definition) is 1. The summed E-state index contributed by atoms with van der Waals surface area (Å²) in [6.07, 6.45) is 3.59. The first kappa shape index (κ1) is 9.06. The average Bonchev–Trinajstić information content (AvgIpc) is 2.15. The molecule has 1 aromatic rings. The fourth-order valence-corrected chi connectivity index (χ4v) is 1.28. The Morgan fingerprint density at radius 2 is 2.58 bits per heavy atom. The number of nitrogens with zero attached hydrogens (tertiary/aromatic N) is 2. The molecule has 0 radical (unpaired) electrons. The molecule has 0 saturated heterocycles. The van der Waals surface area contributed by atoms with Gasteiger partial charge in [-0.15, -0.1) is 18.3 Å². The van der Waals surface area contributed by atoms with E-state index in [1.165, 1.54) is 0 Å². The van der Waals surface area contributed by atoms with E-state index in [1.54, 1.807) is 25.0 Å². The van der Waals surface area contributed by atoms with Crippen molar-refractivity contribution >= 4 is 17.7 Å². The molecule has 1 rings (SSSR count). The molecule has 0 spiro atoms. The van der Waals surface area contributed by atoms with Crippen molar-refractivity contribution in [2.75, 3.05) is 18.1 Å². The molecule has 0 aromatic carbocycles. The number of anilines is 1. The van der Waals surface area contributed by atoms with Crippen molar-refractivity contribution in [2.45, 2.75) is 5.03 Å². The molecule has 12 heavy (non-hydrogen) atoms. The zero-order valence-electron chi connectivity index (χ0n) is 6.95. The topological polar surface area (TPSA) is 37.8 Å². The smallest absolute Gasteiger partial charge is 0.223 e. The lowest BCUT2D eigenvalue weighted by Gasteiger charge is -1.99. The molecule has 0 unspecified atom stereocenters. The summed E-state index contributed by atoms with van der Waals surface area (Å²) in [7, 11) is 1.80.